The number of rotatable bonds is 5. The van der Waals surface area contributed by atoms with Crippen molar-refractivity contribution in [2.75, 3.05) is 26.8 Å². The van der Waals surface area contributed by atoms with Gasteiger partial charge in [0, 0.05) is 36.0 Å². The van der Waals surface area contributed by atoms with Crippen LogP contribution in [-0.4, -0.2) is 32.7 Å². The number of ether oxygens (including phenoxy) is 2. The first kappa shape index (κ1) is 15.7. The molecule has 2 aromatic carbocycles. The Hall–Kier alpha value is -2.53. The minimum absolute atomic E-state index is 0.00912. The first-order valence-corrected chi connectivity index (χ1v) is 9.05. The maximum Gasteiger partial charge on any atom is 0.252 e. The summed E-state index contributed by atoms with van der Waals surface area (Å²) in [5.74, 6) is 1.65. The van der Waals surface area contributed by atoms with Gasteiger partial charge in [-0.15, -0.1) is 0 Å². The molecule has 134 valence electrons. The summed E-state index contributed by atoms with van der Waals surface area (Å²) < 4.78 is 11.4. The van der Waals surface area contributed by atoms with Crippen molar-refractivity contribution in [3.05, 3.63) is 59.2 Å². The minimum Gasteiger partial charge on any atom is -0.497 e. The van der Waals surface area contributed by atoms with Crippen LogP contribution < -0.4 is 20.1 Å². The summed E-state index contributed by atoms with van der Waals surface area (Å²) in [6.45, 7) is 3.22. The number of fused-ring (bicyclic) bond motifs is 2. The van der Waals surface area contributed by atoms with Gasteiger partial charge in [-0.05, 0) is 41.8 Å². The highest BCUT2D eigenvalue weighted by Gasteiger charge is 2.71. The lowest BCUT2D eigenvalue weighted by atomic mass is 9.89. The van der Waals surface area contributed by atoms with E-state index < -0.39 is 0 Å². The molecule has 2 aliphatic heterocycles. The molecule has 1 amide bonds. The molecule has 0 bridgehead atoms. The SMILES string of the molecule is COc1ccc([C@]23CNC[C@@]2(COc2ccc4c(c2)C(=O)NC4)C3)cc1. The molecule has 1 saturated heterocycles. The number of amides is 1. The highest BCUT2D eigenvalue weighted by Crippen LogP contribution is 2.66. The molecule has 5 nitrogen and oxygen atoms in total. The molecule has 1 saturated carbocycles. The third kappa shape index (κ3) is 2.16. The standard InChI is InChI=1S/C21H22N2O3/c1-25-16-6-3-15(4-7-16)21-10-20(21,11-22-12-21)13-26-17-5-2-14-9-23-19(24)18(14)8-17/h2-8,22H,9-13H2,1H3,(H,23,24)/t20-,21+/m1/s1. The maximum absolute atomic E-state index is 11.9. The number of hydrogen-bond acceptors (Lipinski definition) is 4. The Kier molecular flexibility index (Phi) is 3.31. The Labute approximate surface area is 152 Å². The number of benzene rings is 2. The van der Waals surface area contributed by atoms with E-state index in [0.717, 1.165) is 42.1 Å². The van der Waals surface area contributed by atoms with Crippen LogP contribution in [0, 0.1) is 5.41 Å². The van der Waals surface area contributed by atoms with Crippen LogP contribution in [0.5, 0.6) is 11.5 Å². The topological polar surface area (TPSA) is 59.6 Å². The summed E-state index contributed by atoms with van der Waals surface area (Å²) >= 11 is 0. The summed E-state index contributed by atoms with van der Waals surface area (Å²) in [4.78, 5) is 11.9. The zero-order chi connectivity index (χ0) is 17.8. The second-order valence-corrected chi connectivity index (χ2v) is 7.66. The number of carbonyl (C=O) groups is 1. The average molecular weight is 350 g/mol. The van der Waals surface area contributed by atoms with Gasteiger partial charge in [0.2, 0.25) is 0 Å². The fourth-order valence-electron chi connectivity index (χ4n) is 4.69. The van der Waals surface area contributed by atoms with Crippen LogP contribution >= 0.6 is 0 Å². The van der Waals surface area contributed by atoms with Gasteiger partial charge in [0.15, 0.2) is 0 Å². The number of carbonyl (C=O) groups excluding carboxylic acids is 1. The van der Waals surface area contributed by atoms with Crippen molar-refractivity contribution in [3.8, 4) is 11.5 Å². The summed E-state index contributed by atoms with van der Waals surface area (Å²) in [5, 5.41) is 6.39. The van der Waals surface area contributed by atoms with E-state index in [0.29, 0.717) is 13.2 Å². The molecule has 2 aromatic rings. The summed E-state index contributed by atoms with van der Waals surface area (Å²) in [6.07, 6.45) is 1.13. The van der Waals surface area contributed by atoms with Gasteiger partial charge in [-0.25, -0.2) is 0 Å². The van der Waals surface area contributed by atoms with Gasteiger partial charge in [-0.3, -0.25) is 4.79 Å². The normalized spacial score (nSPS) is 28.3. The van der Waals surface area contributed by atoms with Crippen molar-refractivity contribution in [1.29, 1.82) is 0 Å². The molecule has 3 aliphatic rings. The smallest absolute Gasteiger partial charge is 0.252 e. The molecule has 26 heavy (non-hydrogen) atoms. The predicted octanol–water partition coefficient (Wildman–Crippen LogP) is 2.25. The van der Waals surface area contributed by atoms with Gasteiger partial charge < -0.3 is 20.1 Å². The molecule has 5 rings (SSSR count). The van der Waals surface area contributed by atoms with E-state index in [-0.39, 0.29) is 16.7 Å². The zero-order valence-electron chi connectivity index (χ0n) is 14.8. The zero-order valence-corrected chi connectivity index (χ0v) is 14.8. The molecule has 0 aromatic heterocycles. The Bertz CT molecular complexity index is 879. The van der Waals surface area contributed by atoms with Gasteiger partial charge in [-0.1, -0.05) is 18.2 Å². The molecule has 2 fully saturated rings. The molecule has 1 aliphatic carbocycles. The van der Waals surface area contributed by atoms with E-state index in [2.05, 4.69) is 22.8 Å². The van der Waals surface area contributed by atoms with Crippen LogP contribution in [-0.2, 0) is 12.0 Å². The van der Waals surface area contributed by atoms with E-state index in [1.54, 1.807) is 7.11 Å². The maximum atomic E-state index is 11.9. The monoisotopic (exact) mass is 350 g/mol. The molecule has 5 heteroatoms. The van der Waals surface area contributed by atoms with E-state index in [1.165, 1.54) is 5.56 Å². The van der Waals surface area contributed by atoms with Crippen LogP contribution in [0.2, 0.25) is 0 Å². The number of nitrogens with one attached hydrogen (secondary N) is 2. The lowest BCUT2D eigenvalue weighted by molar-refractivity contribution is 0.0965. The highest BCUT2D eigenvalue weighted by atomic mass is 16.5. The van der Waals surface area contributed by atoms with Crippen molar-refractivity contribution in [2.24, 2.45) is 5.41 Å². The van der Waals surface area contributed by atoms with Gasteiger partial charge in [0.1, 0.15) is 11.5 Å². The van der Waals surface area contributed by atoms with Crippen LogP contribution in [0.15, 0.2) is 42.5 Å². The Morgan fingerprint density at radius 2 is 1.88 bits per heavy atom. The Morgan fingerprint density at radius 1 is 1.08 bits per heavy atom. The van der Waals surface area contributed by atoms with Crippen molar-refractivity contribution in [1.82, 2.24) is 10.6 Å². The third-order valence-corrected chi connectivity index (χ3v) is 6.34. The van der Waals surface area contributed by atoms with Crippen LogP contribution in [0.25, 0.3) is 0 Å². The van der Waals surface area contributed by atoms with Crippen molar-refractivity contribution in [2.45, 2.75) is 18.4 Å². The highest BCUT2D eigenvalue weighted by molar-refractivity contribution is 5.98. The molecule has 2 heterocycles. The Morgan fingerprint density at radius 3 is 2.69 bits per heavy atom. The molecule has 2 N–H and O–H groups in total. The van der Waals surface area contributed by atoms with Crippen molar-refractivity contribution in [3.63, 3.8) is 0 Å². The Balaban J connectivity index is 1.34. The van der Waals surface area contributed by atoms with Crippen molar-refractivity contribution < 1.29 is 14.3 Å². The molecule has 0 unspecified atom stereocenters. The number of hydrogen-bond donors (Lipinski definition) is 2. The van der Waals surface area contributed by atoms with E-state index in [9.17, 15) is 4.79 Å². The van der Waals surface area contributed by atoms with E-state index in [4.69, 9.17) is 9.47 Å². The van der Waals surface area contributed by atoms with Crippen LogP contribution in [0.4, 0.5) is 0 Å². The molecule has 0 radical (unpaired) electrons. The largest absolute Gasteiger partial charge is 0.497 e. The first-order chi connectivity index (χ1) is 12.7. The predicted molar refractivity (Wildman–Crippen MR) is 97.7 cm³/mol. The van der Waals surface area contributed by atoms with Gasteiger partial charge in [-0.2, -0.15) is 0 Å². The third-order valence-electron chi connectivity index (χ3n) is 6.34. The number of methoxy groups -OCH3 is 1. The lowest BCUT2D eigenvalue weighted by Crippen LogP contribution is -2.23. The molecular weight excluding hydrogens is 328 g/mol. The van der Waals surface area contributed by atoms with Gasteiger partial charge >= 0.3 is 0 Å². The lowest BCUT2D eigenvalue weighted by Gasteiger charge is -2.19. The van der Waals surface area contributed by atoms with E-state index >= 15 is 0 Å². The van der Waals surface area contributed by atoms with Crippen LogP contribution in [0.3, 0.4) is 0 Å². The summed E-state index contributed by atoms with van der Waals surface area (Å²) in [7, 11) is 1.69. The molecular formula is C21H22N2O3. The quantitative estimate of drug-likeness (QED) is 0.868. The average Bonchev–Trinajstić information content (AvgIpc) is 2.96. The summed E-state index contributed by atoms with van der Waals surface area (Å²) in [5.41, 5.74) is 3.40. The second-order valence-electron chi connectivity index (χ2n) is 7.66. The minimum atomic E-state index is -0.00912. The number of piperidine rings is 1. The second kappa shape index (κ2) is 5.48. The fraction of sp³-hybridized carbons (Fsp3) is 0.381. The van der Waals surface area contributed by atoms with Crippen molar-refractivity contribution >= 4 is 5.91 Å². The van der Waals surface area contributed by atoms with E-state index in [1.807, 2.05) is 30.3 Å². The van der Waals surface area contributed by atoms with Gasteiger partial charge in [0.25, 0.3) is 5.91 Å². The summed E-state index contributed by atoms with van der Waals surface area (Å²) in [6, 6.07) is 14.2. The van der Waals surface area contributed by atoms with Crippen LogP contribution in [0.1, 0.15) is 27.9 Å². The van der Waals surface area contributed by atoms with Gasteiger partial charge in [0.05, 0.1) is 13.7 Å². The first-order valence-electron chi connectivity index (χ1n) is 9.05. The molecule has 0 spiro atoms. The fourth-order valence-corrected chi connectivity index (χ4v) is 4.69. The molecule has 2 atom stereocenters.